The van der Waals surface area contributed by atoms with Crippen molar-refractivity contribution in [3.63, 3.8) is 0 Å². The Labute approximate surface area is 155 Å². The Balaban J connectivity index is 1.66. The fourth-order valence-electron chi connectivity index (χ4n) is 2.89. The molecule has 0 bridgehead atoms. The highest BCUT2D eigenvalue weighted by Crippen LogP contribution is 2.30. The van der Waals surface area contributed by atoms with Crippen molar-refractivity contribution in [2.75, 3.05) is 20.2 Å². The first-order chi connectivity index (χ1) is 12.6. The van der Waals surface area contributed by atoms with Crippen molar-refractivity contribution in [1.82, 2.24) is 9.88 Å². The van der Waals surface area contributed by atoms with Crippen LogP contribution < -0.4 is 9.47 Å². The minimum absolute atomic E-state index is 0.127. The van der Waals surface area contributed by atoms with E-state index in [1.807, 2.05) is 5.38 Å². The zero-order valence-corrected chi connectivity index (χ0v) is 15.2. The number of amides is 1. The lowest BCUT2D eigenvalue weighted by atomic mass is 9.96. The number of likely N-dealkylation sites (tertiary alicyclic amines) is 1. The molecule has 1 aliphatic rings. The van der Waals surface area contributed by atoms with E-state index in [0.717, 1.165) is 5.69 Å². The van der Waals surface area contributed by atoms with Crippen LogP contribution in [-0.4, -0.2) is 47.1 Å². The van der Waals surface area contributed by atoms with Crippen molar-refractivity contribution in [3.8, 4) is 11.5 Å². The Kier molecular flexibility index (Phi) is 5.72. The minimum Gasteiger partial charge on any atom is -0.493 e. The molecule has 3 rings (SSSR count). The van der Waals surface area contributed by atoms with Crippen LogP contribution in [0, 0.1) is 5.92 Å². The van der Waals surface area contributed by atoms with Crippen molar-refractivity contribution < 1.29 is 24.2 Å². The van der Waals surface area contributed by atoms with Gasteiger partial charge in [0.1, 0.15) is 6.61 Å². The van der Waals surface area contributed by atoms with E-state index in [1.54, 1.807) is 28.6 Å². The number of benzene rings is 1. The van der Waals surface area contributed by atoms with Gasteiger partial charge < -0.3 is 19.5 Å². The van der Waals surface area contributed by atoms with Gasteiger partial charge in [0, 0.05) is 24.0 Å². The highest BCUT2D eigenvalue weighted by atomic mass is 32.1. The summed E-state index contributed by atoms with van der Waals surface area (Å²) in [5.41, 5.74) is 3.07. The summed E-state index contributed by atoms with van der Waals surface area (Å²) in [5, 5.41) is 11.0. The van der Waals surface area contributed by atoms with E-state index in [9.17, 15) is 9.59 Å². The van der Waals surface area contributed by atoms with Gasteiger partial charge in [-0.05, 0) is 31.0 Å². The average Bonchev–Trinajstić information content (AvgIpc) is 3.19. The molecule has 1 aliphatic heterocycles. The predicted molar refractivity (Wildman–Crippen MR) is 95.7 cm³/mol. The third-order valence-electron chi connectivity index (χ3n) is 4.40. The Morgan fingerprint density at radius 3 is 2.69 bits per heavy atom. The molecule has 0 atom stereocenters. The molecule has 2 aromatic rings. The standard InChI is InChI=1S/C18H20N2O5S/c1-24-16-8-13(2-3-15(16)25-9-14-10-26-11-19-14)17(21)20-6-4-12(5-7-20)18(22)23/h2-3,8,10-12H,4-7,9H2,1H3,(H,22,23). The lowest BCUT2D eigenvalue weighted by Crippen LogP contribution is -2.40. The predicted octanol–water partition coefficient (Wildman–Crippen LogP) is 2.67. The molecule has 2 heterocycles. The molecule has 0 aliphatic carbocycles. The topological polar surface area (TPSA) is 89.0 Å². The average molecular weight is 376 g/mol. The molecule has 0 radical (unpaired) electrons. The summed E-state index contributed by atoms with van der Waals surface area (Å²) in [5.74, 6) is -0.262. The summed E-state index contributed by atoms with van der Waals surface area (Å²) in [6, 6.07) is 5.06. The molecule has 0 saturated carbocycles. The van der Waals surface area contributed by atoms with Gasteiger partial charge in [0.2, 0.25) is 0 Å². The van der Waals surface area contributed by atoms with Gasteiger partial charge in [-0.2, -0.15) is 0 Å². The van der Waals surface area contributed by atoms with Crippen LogP contribution in [-0.2, 0) is 11.4 Å². The third-order valence-corrected chi connectivity index (χ3v) is 5.04. The van der Waals surface area contributed by atoms with Crippen LogP contribution >= 0.6 is 11.3 Å². The summed E-state index contributed by atoms with van der Waals surface area (Å²) in [4.78, 5) is 29.6. The molecule has 8 heteroatoms. The summed E-state index contributed by atoms with van der Waals surface area (Å²) in [7, 11) is 1.53. The van der Waals surface area contributed by atoms with Crippen LogP contribution in [0.1, 0.15) is 28.9 Å². The number of piperidine rings is 1. The Bertz CT molecular complexity index is 770. The normalized spacial score (nSPS) is 14.9. The maximum Gasteiger partial charge on any atom is 0.306 e. The first-order valence-corrected chi connectivity index (χ1v) is 9.22. The van der Waals surface area contributed by atoms with Gasteiger partial charge in [-0.15, -0.1) is 11.3 Å². The highest BCUT2D eigenvalue weighted by Gasteiger charge is 2.27. The third kappa shape index (κ3) is 4.13. The van der Waals surface area contributed by atoms with Gasteiger partial charge in [-0.3, -0.25) is 9.59 Å². The van der Waals surface area contributed by atoms with Crippen LogP contribution in [0.5, 0.6) is 11.5 Å². The maximum absolute atomic E-state index is 12.7. The van der Waals surface area contributed by atoms with Gasteiger partial charge in [0.05, 0.1) is 24.2 Å². The van der Waals surface area contributed by atoms with E-state index >= 15 is 0 Å². The zero-order valence-electron chi connectivity index (χ0n) is 14.4. The molecule has 0 spiro atoms. The molecular formula is C18H20N2O5S. The van der Waals surface area contributed by atoms with Crippen molar-refractivity contribution >= 4 is 23.2 Å². The number of hydrogen-bond acceptors (Lipinski definition) is 6. The SMILES string of the molecule is COc1cc(C(=O)N2CCC(C(=O)O)CC2)ccc1OCc1cscn1. The summed E-state index contributed by atoms with van der Waals surface area (Å²) in [6.07, 6.45) is 0.958. The molecule has 0 unspecified atom stereocenters. The van der Waals surface area contributed by atoms with Crippen LogP contribution in [0.25, 0.3) is 0 Å². The lowest BCUT2D eigenvalue weighted by molar-refractivity contribution is -0.143. The molecule has 1 N–H and O–H groups in total. The summed E-state index contributed by atoms with van der Waals surface area (Å²) < 4.78 is 11.1. The zero-order chi connectivity index (χ0) is 18.5. The van der Waals surface area contributed by atoms with E-state index in [4.69, 9.17) is 14.6 Å². The van der Waals surface area contributed by atoms with Gasteiger partial charge >= 0.3 is 5.97 Å². The Morgan fingerprint density at radius 1 is 1.31 bits per heavy atom. The maximum atomic E-state index is 12.7. The van der Waals surface area contributed by atoms with Gasteiger partial charge in [0.15, 0.2) is 11.5 Å². The summed E-state index contributed by atoms with van der Waals surface area (Å²) >= 11 is 1.50. The number of aromatic nitrogens is 1. The lowest BCUT2D eigenvalue weighted by Gasteiger charge is -2.30. The molecule has 26 heavy (non-hydrogen) atoms. The number of thiazole rings is 1. The molecule has 138 valence electrons. The van der Waals surface area contributed by atoms with Crippen LogP contribution in [0.2, 0.25) is 0 Å². The number of nitrogens with zero attached hydrogens (tertiary/aromatic N) is 2. The molecule has 1 fully saturated rings. The number of carboxylic acid groups (broad SMARTS) is 1. The quantitative estimate of drug-likeness (QED) is 0.834. The van der Waals surface area contributed by atoms with E-state index in [0.29, 0.717) is 49.6 Å². The molecular weight excluding hydrogens is 356 g/mol. The van der Waals surface area contributed by atoms with Crippen molar-refractivity contribution in [1.29, 1.82) is 0 Å². The van der Waals surface area contributed by atoms with E-state index < -0.39 is 5.97 Å². The number of ether oxygens (including phenoxy) is 2. The van der Waals surface area contributed by atoms with Crippen molar-refractivity contribution in [2.24, 2.45) is 5.92 Å². The fourth-order valence-corrected chi connectivity index (χ4v) is 3.44. The Hall–Kier alpha value is -2.61. The molecule has 1 aromatic carbocycles. The number of carboxylic acids is 1. The number of methoxy groups -OCH3 is 1. The number of aliphatic carboxylic acids is 1. The monoisotopic (exact) mass is 376 g/mol. The van der Waals surface area contributed by atoms with Gasteiger partial charge in [0.25, 0.3) is 5.91 Å². The first-order valence-electron chi connectivity index (χ1n) is 8.28. The molecule has 1 amide bonds. The first kappa shape index (κ1) is 18.2. The molecule has 1 saturated heterocycles. The van der Waals surface area contributed by atoms with Crippen LogP contribution in [0.15, 0.2) is 29.1 Å². The second-order valence-corrected chi connectivity index (χ2v) is 6.76. The smallest absolute Gasteiger partial charge is 0.306 e. The van der Waals surface area contributed by atoms with Crippen LogP contribution in [0.4, 0.5) is 0 Å². The van der Waals surface area contributed by atoms with Crippen molar-refractivity contribution in [3.05, 3.63) is 40.3 Å². The number of hydrogen-bond donors (Lipinski definition) is 1. The minimum atomic E-state index is -0.791. The van der Waals surface area contributed by atoms with E-state index in [-0.39, 0.29) is 11.8 Å². The molecule has 1 aromatic heterocycles. The van der Waals surface area contributed by atoms with E-state index in [1.165, 1.54) is 18.4 Å². The van der Waals surface area contributed by atoms with Crippen molar-refractivity contribution in [2.45, 2.75) is 19.4 Å². The van der Waals surface area contributed by atoms with Gasteiger partial charge in [-0.1, -0.05) is 0 Å². The number of rotatable bonds is 6. The number of carbonyl (C=O) groups excluding carboxylic acids is 1. The molecule has 7 nitrogen and oxygen atoms in total. The highest BCUT2D eigenvalue weighted by molar-refractivity contribution is 7.07. The number of carbonyl (C=O) groups is 2. The van der Waals surface area contributed by atoms with Gasteiger partial charge in [-0.25, -0.2) is 4.98 Å². The second kappa shape index (κ2) is 8.18. The van der Waals surface area contributed by atoms with E-state index in [2.05, 4.69) is 4.98 Å². The summed E-state index contributed by atoms with van der Waals surface area (Å²) in [6.45, 7) is 1.22. The fraction of sp³-hybridized carbons (Fsp3) is 0.389. The Morgan fingerprint density at radius 2 is 2.08 bits per heavy atom. The van der Waals surface area contributed by atoms with Crippen LogP contribution in [0.3, 0.4) is 0 Å². The largest absolute Gasteiger partial charge is 0.493 e. The second-order valence-electron chi connectivity index (χ2n) is 6.04.